The maximum absolute atomic E-state index is 10.3. The van der Waals surface area contributed by atoms with Gasteiger partial charge in [-0.3, -0.25) is 4.99 Å². The molecule has 0 aliphatic carbocycles. The van der Waals surface area contributed by atoms with Gasteiger partial charge in [-0.25, -0.2) is 0 Å². The van der Waals surface area contributed by atoms with Crippen LogP contribution in [0.5, 0.6) is 17.2 Å². The summed E-state index contributed by atoms with van der Waals surface area (Å²) in [7, 11) is 1.64. The zero-order valence-corrected chi connectivity index (χ0v) is 14.6. The summed E-state index contributed by atoms with van der Waals surface area (Å²) in [6.45, 7) is 0.520. The smallest absolute Gasteiger partial charge is 0.128 e. The summed E-state index contributed by atoms with van der Waals surface area (Å²) in [4.78, 5) is 4.74. The number of ether oxygens (including phenoxy) is 1. The Hall–Kier alpha value is -3.27. The summed E-state index contributed by atoms with van der Waals surface area (Å²) >= 11 is 0. The second-order valence-electron chi connectivity index (χ2n) is 5.97. The van der Waals surface area contributed by atoms with E-state index in [9.17, 15) is 10.2 Å². The number of rotatable bonds is 6. The van der Waals surface area contributed by atoms with Crippen molar-refractivity contribution >= 4 is 5.71 Å². The molecule has 0 atom stereocenters. The maximum atomic E-state index is 10.3. The van der Waals surface area contributed by atoms with Crippen molar-refractivity contribution in [2.45, 2.75) is 13.0 Å². The van der Waals surface area contributed by atoms with E-state index in [1.807, 2.05) is 54.6 Å². The van der Waals surface area contributed by atoms with Crippen molar-refractivity contribution in [1.82, 2.24) is 0 Å². The molecule has 0 unspecified atom stereocenters. The quantitative estimate of drug-likeness (QED) is 0.652. The number of nitrogens with zero attached hydrogens (tertiary/aromatic N) is 1. The summed E-state index contributed by atoms with van der Waals surface area (Å²) in [5.74, 6) is 0.840. The van der Waals surface area contributed by atoms with Crippen LogP contribution in [-0.2, 0) is 13.0 Å². The van der Waals surface area contributed by atoms with Gasteiger partial charge in [-0.1, -0.05) is 42.5 Å². The molecule has 3 rings (SSSR count). The van der Waals surface area contributed by atoms with E-state index in [1.54, 1.807) is 19.2 Å². The van der Waals surface area contributed by atoms with E-state index in [0.29, 0.717) is 18.5 Å². The highest BCUT2D eigenvalue weighted by Gasteiger charge is 2.11. The molecule has 0 aliphatic heterocycles. The first-order valence-electron chi connectivity index (χ1n) is 8.38. The van der Waals surface area contributed by atoms with Crippen LogP contribution < -0.4 is 4.74 Å². The van der Waals surface area contributed by atoms with Crippen LogP contribution in [-0.4, -0.2) is 23.0 Å². The molecular weight excluding hydrogens is 326 g/mol. The Balaban J connectivity index is 1.92. The van der Waals surface area contributed by atoms with Crippen molar-refractivity contribution in [1.29, 1.82) is 0 Å². The molecule has 26 heavy (non-hydrogen) atoms. The Bertz CT molecular complexity index is 887. The predicted octanol–water partition coefficient (Wildman–Crippen LogP) is 4.34. The number of aliphatic imine (C=N–C) groups is 1. The zero-order chi connectivity index (χ0) is 18.4. The monoisotopic (exact) mass is 347 g/mol. The molecule has 3 aromatic rings. The van der Waals surface area contributed by atoms with Crippen molar-refractivity contribution in [3.05, 3.63) is 89.5 Å². The molecule has 0 bridgehead atoms. The van der Waals surface area contributed by atoms with Crippen LogP contribution >= 0.6 is 0 Å². The molecule has 2 N–H and O–H groups in total. The Morgan fingerprint density at radius 2 is 1.62 bits per heavy atom. The molecule has 0 spiro atoms. The van der Waals surface area contributed by atoms with E-state index in [1.165, 1.54) is 6.07 Å². The highest BCUT2D eigenvalue weighted by Crippen LogP contribution is 2.25. The second-order valence-corrected chi connectivity index (χ2v) is 5.97. The van der Waals surface area contributed by atoms with Gasteiger partial charge in [0.05, 0.1) is 19.4 Å². The minimum Gasteiger partial charge on any atom is -0.508 e. The molecule has 3 aromatic carbocycles. The minimum atomic E-state index is 0.0188. The molecule has 0 aromatic heterocycles. The van der Waals surface area contributed by atoms with E-state index in [4.69, 9.17) is 9.73 Å². The molecule has 0 saturated heterocycles. The SMILES string of the molecule is COc1ccc(CC(=NCc2ccccc2)c2ccc(O)cc2O)cc1. The second kappa shape index (κ2) is 8.21. The molecule has 0 radical (unpaired) electrons. The summed E-state index contributed by atoms with van der Waals surface area (Å²) in [6.07, 6.45) is 0.565. The molecule has 0 heterocycles. The van der Waals surface area contributed by atoms with Gasteiger partial charge >= 0.3 is 0 Å². The molecule has 4 nitrogen and oxygen atoms in total. The minimum absolute atomic E-state index is 0.0188. The van der Waals surface area contributed by atoms with Crippen LogP contribution in [0.25, 0.3) is 0 Å². The third-order valence-electron chi connectivity index (χ3n) is 4.12. The van der Waals surface area contributed by atoms with Crippen LogP contribution in [0.4, 0.5) is 0 Å². The molecule has 132 valence electrons. The number of phenols is 2. The lowest BCUT2D eigenvalue weighted by atomic mass is 10.0. The Labute approximate surface area is 153 Å². The maximum Gasteiger partial charge on any atom is 0.128 e. The molecular formula is C22H21NO3. The molecule has 4 heteroatoms. The van der Waals surface area contributed by atoms with E-state index in [2.05, 4.69) is 0 Å². The van der Waals surface area contributed by atoms with E-state index >= 15 is 0 Å². The lowest BCUT2D eigenvalue weighted by Crippen LogP contribution is -2.07. The fraction of sp³-hybridized carbons (Fsp3) is 0.136. The summed E-state index contributed by atoms with van der Waals surface area (Å²) in [5.41, 5.74) is 3.54. The lowest BCUT2D eigenvalue weighted by Gasteiger charge is -2.11. The van der Waals surface area contributed by atoms with Gasteiger partial charge < -0.3 is 14.9 Å². The van der Waals surface area contributed by atoms with Gasteiger partial charge in [-0.2, -0.15) is 0 Å². The average Bonchev–Trinajstić information content (AvgIpc) is 2.67. The number of aromatic hydroxyl groups is 2. The van der Waals surface area contributed by atoms with Crippen LogP contribution in [0.1, 0.15) is 16.7 Å². The number of benzene rings is 3. The van der Waals surface area contributed by atoms with E-state index < -0.39 is 0 Å². The fourth-order valence-corrected chi connectivity index (χ4v) is 2.71. The van der Waals surface area contributed by atoms with Gasteiger partial charge in [0.1, 0.15) is 17.2 Å². The van der Waals surface area contributed by atoms with Crippen molar-refractivity contribution in [3.8, 4) is 17.2 Å². The van der Waals surface area contributed by atoms with E-state index in [-0.39, 0.29) is 11.5 Å². The van der Waals surface area contributed by atoms with Gasteiger partial charge in [-0.05, 0) is 35.4 Å². The van der Waals surface area contributed by atoms with Gasteiger partial charge in [-0.15, -0.1) is 0 Å². The van der Waals surface area contributed by atoms with Crippen molar-refractivity contribution in [3.63, 3.8) is 0 Å². The third kappa shape index (κ3) is 4.42. The summed E-state index contributed by atoms with van der Waals surface area (Å²) < 4.78 is 5.20. The number of hydrogen-bond donors (Lipinski definition) is 2. The molecule has 0 fully saturated rings. The Kier molecular flexibility index (Phi) is 5.54. The Morgan fingerprint density at radius 1 is 0.885 bits per heavy atom. The van der Waals surface area contributed by atoms with Gasteiger partial charge in [0, 0.05) is 18.1 Å². The van der Waals surface area contributed by atoms with Crippen molar-refractivity contribution < 1.29 is 14.9 Å². The molecule has 0 aliphatic rings. The summed E-state index contributed by atoms with van der Waals surface area (Å²) in [5, 5.41) is 19.8. The topological polar surface area (TPSA) is 62.0 Å². The molecule has 0 amide bonds. The highest BCUT2D eigenvalue weighted by molar-refractivity contribution is 6.04. The molecule has 0 saturated carbocycles. The number of phenolic OH excluding ortho intramolecular Hbond substituents is 2. The van der Waals surface area contributed by atoms with Gasteiger partial charge in [0.2, 0.25) is 0 Å². The average molecular weight is 347 g/mol. The number of methoxy groups -OCH3 is 1. The first kappa shape index (κ1) is 17.5. The first-order valence-corrected chi connectivity index (χ1v) is 8.38. The van der Waals surface area contributed by atoms with Crippen molar-refractivity contribution in [2.75, 3.05) is 7.11 Å². The van der Waals surface area contributed by atoms with Crippen LogP contribution in [0.15, 0.2) is 77.8 Å². The predicted molar refractivity (Wildman–Crippen MR) is 103 cm³/mol. The lowest BCUT2D eigenvalue weighted by molar-refractivity contribution is 0.414. The zero-order valence-electron chi connectivity index (χ0n) is 14.6. The third-order valence-corrected chi connectivity index (χ3v) is 4.12. The normalized spacial score (nSPS) is 11.3. The van der Waals surface area contributed by atoms with Crippen LogP contribution in [0, 0.1) is 0 Å². The fourth-order valence-electron chi connectivity index (χ4n) is 2.71. The van der Waals surface area contributed by atoms with Crippen LogP contribution in [0.2, 0.25) is 0 Å². The van der Waals surface area contributed by atoms with Crippen molar-refractivity contribution in [2.24, 2.45) is 4.99 Å². The van der Waals surface area contributed by atoms with Crippen LogP contribution in [0.3, 0.4) is 0 Å². The van der Waals surface area contributed by atoms with Gasteiger partial charge in [0.15, 0.2) is 0 Å². The number of hydrogen-bond acceptors (Lipinski definition) is 4. The Morgan fingerprint density at radius 3 is 2.27 bits per heavy atom. The van der Waals surface area contributed by atoms with Gasteiger partial charge in [0.25, 0.3) is 0 Å². The standard InChI is InChI=1S/C22H21NO3/c1-26-19-10-7-16(8-11-19)13-21(20-12-9-18(24)14-22(20)25)23-15-17-5-3-2-4-6-17/h2-12,14,24-25H,13,15H2,1H3. The summed E-state index contributed by atoms with van der Waals surface area (Å²) in [6, 6.07) is 22.3. The van der Waals surface area contributed by atoms with E-state index in [0.717, 1.165) is 22.6 Å². The first-order chi connectivity index (χ1) is 12.7. The largest absolute Gasteiger partial charge is 0.508 e. The highest BCUT2D eigenvalue weighted by atomic mass is 16.5.